The zero-order valence-corrected chi connectivity index (χ0v) is 13.8. The standard InChI is InChI=1S/C18H21N3O3/c1-3-24-17-7-5-4-6-14(17)12-20-21-18(22)13-19-15-8-10-16(23-2)11-9-15/h4-12,19H,3,13H2,1-2H3,(H,21,22). The fraction of sp³-hybridized carbons (Fsp3) is 0.222. The van der Waals surface area contributed by atoms with Crippen molar-refractivity contribution in [1.82, 2.24) is 5.43 Å². The highest BCUT2D eigenvalue weighted by atomic mass is 16.5. The first-order valence-electron chi connectivity index (χ1n) is 7.64. The molecule has 0 unspecified atom stereocenters. The number of rotatable bonds is 8. The normalized spacial score (nSPS) is 10.4. The Hall–Kier alpha value is -3.02. The molecule has 0 aliphatic carbocycles. The number of hydrogen-bond donors (Lipinski definition) is 2. The van der Waals surface area contributed by atoms with Gasteiger partial charge in [0, 0.05) is 11.3 Å². The Bertz CT molecular complexity index is 684. The summed E-state index contributed by atoms with van der Waals surface area (Å²) in [6.45, 7) is 2.61. The highest BCUT2D eigenvalue weighted by Gasteiger charge is 2.01. The van der Waals surface area contributed by atoms with E-state index in [9.17, 15) is 4.79 Å². The van der Waals surface area contributed by atoms with Crippen LogP contribution < -0.4 is 20.2 Å². The highest BCUT2D eigenvalue weighted by molar-refractivity contribution is 5.86. The molecule has 2 aromatic rings. The van der Waals surface area contributed by atoms with Crippen LogP contribution in [0.15, 0.2) is 53.6 Å². The molecule has 0 bridgehead atoms. The van der Waals surface area contributed by atoms with Gasteiger partial charge in [-0.15, -0.1) is 0 Å². The molecule has 0 aliphatic rings. The predicted octanol–water partition coefficient (Wildman–Crippen LogP) is 2.66. The third-order valence-corrected chi connectivity index (χ3v) is 3.15. The van der Waals surface area contributed by atoms with Crippen LogP contribution in [0.5, 0.6) is 11.5 Å². The van der Waals surface area contributed by atoms with Gasteiger partial charge in [0.1, 0.15) is 11.5 Å². The van der Waals surface area contributed by atoms with Gasteiger partial charge in [0.2, 0.25) is 0 Å². The van der Waals surface area contributed by atoms with Crippen molar-refractivity contribution < 1.29 is 14.3 Å². The molecule has 0 aromatic heterocycles. The van der Waals surface area contributed by atoms with Crippen molar-refractivity contribution in [3.63, 3.8) is 0 Å². The van der Waals surface area contributed by atoms with Crippen LogP contribution in [0.25, 0.3) is 0 Å². The molecule has 0 saturated carbocycles. The number of amides is 1. The lowest BCUT2D eigenvalue weighted by Gasteiger charge is -2.07. The maximum Gasteiger partial charge on any atom is 0.259 e. The number of methoxy groups -OCH3 is 1. The first-order chi connectivity index (χ1) is 11.7. The average Bonchev–Trinajstić information content (AvgIpc) is 2.62. The van der Waals surface area contributed by atoms with Gasteiger partial charge in [-0.25, -0.2) is 5.43 Å². The Balaban J connectivity index is 1.82. The molecule has 2 rings (SSSR count). The van der Waals surface area contributed by atoms with Crippen LogP contribution >= 0.6 is 0 Å². The van der Waals surface area contributed by atoms with E-state index in [4.69, 9.17) is 9.47 Å². The maximum absolute atomic E-state index is 11.8. The van der Waals surface area contributed by atoms with Crippen LogP contribution in [0.2, 0.25) is 0 Å². The second-order valence-electron chi connectivity index (χ2n) is 4.85. The number of ether oxygens (including phenoxy) is 2. The molecule has 0 fully saturated rings. The van der Waals surface area contributed by atoms with Crippen molar-refractivity contribution >= 4 is 17.8 Å². The van der Waals surface area contributed by atoms with Gasteiger partial charge in [0.15, 0.2) is 0 Å². The largest absolute Gasteiger partial charge is 0.497 e. The van der Waals surface area contributed by atoms with Crippen LogP contribution in [0.1, 0.15) is 12.5 Å². The molecule has 126 valence electrons. The van der Waals surface area contributed by atoms with Gasteiger partial charge in [-0.3, -0.25) is 4.79 Å². The molecule has 0 saturated heterocycles. The zero-order valence-electron chi connectivity index (χ0n) is 13.8. The quantitative estimate of drug-likeness (QED) is 0.577. The minimum absolute atomic E-state index is 0.122. The molecule has 1 amide bonds. The van der Waals surface area contributed by atoms with Gasteiger partial charge in [0.25, 0.3) is 5.91 Å². The molecular weight excluding hydrogens is 306 g/mol. The minimum Gasteiger partial charge on any atom is -0.497 e. The topological polar surface area (TPSA) is 72.0 Å². The van der Waals surface area contributed by atoms with Gasteiger partial charge in [-0.05, 0) is 43.3 Å². The van der Waals surface area contributed by atoms with Crippen molar-refractivity contribution in [3.05, 3.63) is 54.1 Å². The molecule has 2 aromatic carbocycles. The minimum atomic E-state index is -0.240. The smallest absolute Gasteiger partial charge is 0.259 e. The first-order valence-corrected chi connectivity index (χ1v) is 7.64. The van der Waals surface area contributed by atoms with Gasteiger partial charge in [0.05, 0.1) is 26.5 Å². The Morgan fingerprint density at radius 2 is 1.92 bits per heavy atom. The molecular formula is C18H21N3O3. The number of hydrazone groups is 1. The fourth-order valence-corrected chi connectivity index (χ4v) is 1.98. The molecule has 0 spiro atoms. The van der Waals surface area contributed by atoms with Gasteiger partial charge < -0.3 is 14.8 Å². The van der Waals surface area contributed by atoms with E-state index in [1.807, 2.05) is 55.5 Å². The SMILES string of the molecule is CCOc1ccccc1C=NNC(=O)CNc1ccc(OC)cc1. The molecule has 0 radical (unpaired) electrons. The van der Waals surface area contributed by atoms with E-state index in [-0.39, 0.29) is 12.5 Å². The van der Waals surface area contributed by atoms with Crippen molar-refractivity contribution in [1.29, 1.82) is 0 Å². The molecule has 0 heterocycles. The Labute approximate surface area is 141 Å². The summed E-state index contributed by atoms with van der Waals surface area (Å²) in [5, 5.41) is 6.97. The van der Waals surface area contributed by atoms with Crippen molar-refractivity contribution in [2.24, 2.45) is 5.10 Å². The number of hydrogen-bond acceptors (Lipinski definition) is 5. The van der Waals surface area contributed by atoms with E-state index in [2.05, 4.69) is 15.8 Å². The second kappa shape index (κ2) is 9.19. The van der Waals surface area contributed by atoms with Crippen LogP contribution in [-0.4, -0.2) is 32.4 Å². The Kier molecular flexibility index (Phi) is 6.64. The number of anilines is 1. The maximum atomic E-state index is 11.8. The molecule has 2 N–H and O–H groups in total. The van der Waals surface area contributed by atoms with E-state index < -0.39 is 0 Å². The predicted molar refractivity (Wildman–Crippen MR) is 94.8 cm³/mol. The van der Waals surface area contributed by atoms with Crippen LogP contribution in [0.4, 0.5) is 5.69 Å². The third-order valence-electron chi connectivity index (χ3n) is 3.15. The number of benzene rings is 2. The number of nitrogens with zero attached hydrogens (tertiary/aromatic N) is 1. The first kappa shape index (κ1) is 17.3. The lowest BCUT2D eigenvalue weighted by atomic mass is 10.2. The summed E-state index contributed by atoms with van der Waals surface area (Å²) in [5.74, 6) is 1.26. The number of carbonyl (C=O) groups is 1. The van der Waals surface area contributed by atoms with E-state index >= 15 is 0 Å². The van der Waals surface area contributed by atoms with Crippen LogP contribution in [-0.2, 0) is 4.79 Å². The summed E-state index contributed by atoms with van der Waals surface area (Å²) >= 11 is 0. The van der Waals surface area contributed by atoms with Crippen LogP contribution in [0.3, 0.4) is 0 Å². The Morgan fingerprint density at radius 3 is 2.62 bits per heavy atom. The summed E-state index contributed by atoms with van der Waals surface area (Å²) in [4.78, 5) is 11.8. The monoisotopic (exact) mass is 327 g/mol. The van der Waals surface area contributed by atoms with Crippen molar-refractivity contribution in [2.45, 2.75) is 6.92 Å². The summed E-state index contributed by atoms with van der Waals surface area (Å²) in [5.41, 5.74) is 4.12. The molecule has 24 heavy (non-hydrogen) atoms. The van der Waals surface area contributed by atoms with E-state index in [0.29, 0.717) is 6.61 Å². The second-order valence-corrected chi connectivity index (χ2v) is 4.85. The van der Waals surface area contributed by atoms with Crippen molar-refractivity contribution in [2.75, 3.05) is 25.6 Å². The van der Waals surface area contributed by atoms with Gasteiger partial charge in [-0.2, -0.15) is 5.10 Å². The molecule has 0 aliphatic heterocycles. The lowest BCUT2D eigenvalue weighted by Crippen LogP contribution is -2.25. The van der Waals surface area contributed by atoms with E-state index in [0.717, 1.165) is 22.7 Å². The summed E-state index contributed by atoms with van der Waals surface area (Å²) in [6.07, 6.45) is 1.57. The third kappa shape index (κ3) is 5.31. The summed E-state index contributed by atoms with van der Waals surface area (Å²) < 4.78 is 10.6. The number of nitrogens with one attached hydrogen (secondary N) is 2. The van der Waals surface area contributed by atoms with E-state index in [1.54, 1.807) is 13.3 Å². The molecule has 6 heteroatoms. The van der Waals surface area contributed by atoms with Gasteiger partial charge in [-0.1, -0.05) is 12.1 Å². The number of carbonyl (C=O) groups excluding carboxylic acids is 1. The van der Waals surface area contributed by atoms with Crippen molar-refractivity contribution in [3.8, 4) is 11.5 Å². The summed E-state index contributed by atoms with van der Waals surface area (Å²) in [7, 11) is 1.61. The lowest BCUT2D eigenvalue weighted by molar-refractivity contribution is -0.119. The zero-order chi connectivity index (χ0) is 17.2. The van der Waals surface area contributed by atoms with Gasteiger partial charge >= 0.3 is 0 Å². The fourth-order valence-electron chi connectivity index (χ4n) is 1.98. The molecule has 0 atom stereocenters. The Morgan fingerprint density at radius 1 is 1.17 bits per heavy atom. The highest BCUT2D eigenvalue weighted by Crippen LogP contribution is 2.15. The van der Waals surface area contributed by atoms with Crippen LogP contribution in [0, 0.1) is 0 Å². The van der Waals surface area contributed by atoms with E-state index in [1.165, 1.54) is 0 Å². The number of para-hydroxylation sites is 1. The average molecular weight is 327 g/mol. The summed E-state index contributed by atoms with van der Waals surface area (Å²) in [6, 6.07) is 14.8. The molecule has 6 nitrogen and oxygen atoms in total.